The second kappa shape index (κ2) is 9.41. The molecular weight excluding hydrogens is 452 g/mol. The predicted molar refractivity (Wildman–Crippen MR) is 138 cm³/mol. The smallest absolute Gasteiger partial charge is 0.183 e. The van der Waals surface area contributed by atoms with Gasteiger partial charge < -0.3 is 20.6 Å². The maximum absolute atomic E-state index is 4.68. The van der Waals surface area contributed by atoms with E-state index in [0.29, 0.717) is 30.8 Å². The number of nitrogens with zero attached hydrogens (tertiary/aromatic N) is 6. The molecule has 0 unspecified atom stereocenters. The van der Waals surface area contributed by atoms with Crippen LogP contribution in [0.2, 0.25) is 0 Å². The molecule has 0 amide bonds. The number of aromatic nitrogens is 8. The summed E-state index contributed by atoms with van der Waals surface area (Å²) < 4.78 is 0. The molecule has 4 heterocycles. The zero-order chi connectivity index (χ0) is 24.3. The van der Waals surface area contributed by atoms with Crippen molar-refractivity contribution in [1.82, 2.24) is 39.9 Å². The summed E-state index contributed by atoms with van der Waals surface area (Å²) in [5.74, 6) is 2.33. The van der Waals surface area contributed by atoms with Crippen molar-refractivity contribution in [3.8, 4) is 0 Å². The zero-order valence-electron chi connectivity index (χ0n) is 19.7. The molecule has 4 aromatic heterocycles. The largest absolute Gasteiger partial charge is 0.364 e. The molecule has 0 aliphatic carbocycles. The summed E-state index contributed by atoms with van der Waals surface area (Å²) in [6, 6.07) is 16.8. The Kier molecular flexibility index (Phi) is 5.66. The van der Waals surface area contributed by atoms with Crippen LogP contribution in [0.5, 0.6) is 0 Å². The molecule has 0 radical (unpaired) electrons. The first kappa shape index (κ1) is 21.7. The van der Waals surface area contributed by atoms with Crippen molar-refractivity contribution in [2.75, 3.05) is 10.6 Å². The van der Waals surface area contributed by atoms with Crippen LogP contribution in [0.3, 0.4) is 0 Å². The molecule has 0 atom stereocenters. The Hall–Kier alpha value is -4.86. The minimum absolute atomic E-state index is 0.640. The number of fused-ring (bicyclic) bond motifs is 2. The van der Waals surface area contributed by atoms with Crippen LogP contribution in [-0.4, -0.2) is 39.9 Å². The summed E-state index contributed by atoms with van der Waals surface area (Å²) in [7, 11) is 0. The SMILES string of the molecule is Cc1cccc(CNc2ncnc3nc(Cc4ccc(CNc5ncnc6nc[nH]c56)cc4)[nH]c23)c1. The van der Waals surface area contributed by atoms with E-state index in [1.807, 2.05) is 0 Å². The molecule has 0 aliphatic rings. The second-order valence-electron chi connectivity index (χ2n) is 8.62. The molecule has 6 aromatic rings. The lowest BCUT2D eigenvalue weighted by molar-refractivity contribution is 1.03. The highest BCUT2D eigenvalue weighted by Gasteiger charge is 2.11. The molecule has 36 heavy (non-hydrogen) atoms. The van der Waals surface area contributed by atoms with Crippen LogP contribution in [0.4, 0.5) is 11.6 Å². The van der Waals surface area contributed by atoms with E-state index < -0.39 is 0 Å². The van der Waals surface area contributed by atoms with E-state index in [1.54, 1.807) is 12.7 Å². The molecular formula is C26H24N10. The van der Waals surface area contributed by atoms with Gasteiger partial charge >= 0.3 is 0 Å². The van der Waals surface area contributed by atoms with Crippen LogP contribution in [0.25, 0.3) is 22.3 Å². The number of hydrogen-bond acceptors (Lipinski definition) is 8. The highest BCUT2D eigenvalue weighted by Crippen LogP contribution is 2.20. The maximum Gasteiger partial charge on any atom is 0.183 e. The second-order valence-corrected chi connectivity index (χ2v) is 8.62. The molecule has 0 spiro atoms. The summed E-state index contributed by atoms with van der Waals surface area (Å²) in [5, 5.41) is 6.76. The van der Waals surface area contributed by atoms with Crippen LogP contribution in [0, 0.1) is 6.92 Å². The number of hydrogen-bond donors (Lipinski definition) is 4. The number of benzene rings is 2. The molecule has 4 N–H and O–H groups in total. The van der Waals surface area contributed by atoms with Gasteiger partial charge in [0.2, 0.25) is 0 Å². The molecule has 0 bridgehead atoms. The number of aromatic amines is 2. The fourth-order valence-electron chi connectivity index (χ4n) is 4.16. The Labute approximate surface area is 206 Å². The minimum atomic E-state index is 0.640. The van der Waals surface area contributed by atoms with E-state index in [4.69, 9.17) is 0 Å². The predicted octanol–water partition coefficient (Wildman–Crippen LogP) is 4.14. The fourth-order valence-corrected chi connectivity index (χ4v) is 4.16. The van der Waals surface area contributed by atoms with E-state index in [2.05, 4.69) is 106 Å². The first-order chi connectivity index (χ1) is 17.7. The molecule has 178 valence electrons. The molecule has 10 heteroatoms. The Morgan fingerprint density at radius 2 is 1.44 bits per heavy atom. The molecule has 2 aromatic carbocycles. The normalized spacial score (nSPS) is 11.2. The molecule has 0 fully saturated rings. The summed E-state index contributed by atoms with van der Waals surface area (Å²) >= 11 is 0. The Balaban J connectivity index is 1.12. The van der Waals surface area contributed by atoms with Crippen molar-refractivity contribution in [3.63, 3.8) is 0 Å². The monoisotopic (exact) mass is 476 g/mol. The van der Waals surface area contributed by atoms with Crippen LogP contribution >= 0.6 is 0 Å². The van der Waals surface area contributed by atoms with Crippen LogP contribution < -0.4 is 10.6 Å². The van der Waals surface area contributed by atoms with Crippen molar-refractivity contribution in [2.24, 2.45) is 0 Å². The Bertz CT molecular complexity index is 1630. The van der Waals surface area contributed by atoms with Gasteiger partial charge in [0.25, 0.3) is 0 Å². The highest BCUT2D eigenvalue weighted by atomic mass is 15.1. The third kappa shape index (κ3) is 4.56. The first-order valence-corrected chi connectivity index (χ1v) is 11.7. The van der Waals surface area contributed by atoms with E-state index in [0.717, 1.165) is 39.6 Å². The first-order valence-electron chi connectivity index (χ1n) is 11.7. The lowest BCUT2D eigenvalue weighted by Crippen LogP contribution is -2.03. The number of aryl methyl sites for hydroxylation is 1. The average molecular weight is 477 g/mol. The Morgan fingerprint density at radius 3 is 2.25 bits per heavy atom. The molecule has 0 saturated carbocycles. The van der Waals surface area contributed by atoms with Gasteiger partial charge in [0, 0.05) is 19.5 Å². The van der Waals surface area contributed by atoms with Gasteiger partial charge in [0.1, 0.15) is 29.5 Å². The number of H-pyrrole nitrogens is 2. The van der Waals surface area contributed by atoms with Gasteiger partial charge in [0.05, 0.1) is 6.33 Å². The van der Waals surface area contributed by atoms with Gasteiger partial charge in [-0.1, -0.05) is 54.1 Å². The minimum Gasteiger partial charge on any atom is -0.364 e. The van der Waals surface area contributed by atoms with E-state index in [1.165, 1.54) is 17.5 Å². The highest BCUT2D eigenvalue weighted by molar-refractivity contribution is 5.83. The van der Waals surface area contributed by atoms with E-state index in [9.17, 15) is 0 Å². The van der Waals surface area contributed by atoms with Gasteiger partial charge in [-0.05, 0) is 23.6 Å². The summed E-state index contributed by atoms with van der Waals surface area (Å²) in [6.07, 6.45) is 5.34. The van der Waals surface area contributed by atoms with Crippen molar-refractivity contribution < 1.29 is 0 Å². The Morgan fingerprint density at radius 1 is 0.722 bits per heavy atom. The van der Waals surface area contributed by atoms with E-state index in [-0.39, 0.29) is 0 Å². The van der Waals surface area contributed by atoms with Gasteiger partial charge in [-0.15, -0.1) is 0 Å². The summed E-state index contributed by atoms with van der Waals surface area (Å²) in [5.41, 5.74) is 7.64. The van der Waals surface area contributed by atoms with Crippen molar-refractivity contribution in [3.05, 3.63) is 95.6 Å². The van der Waals surface area contributed by atoms with Crippen molar-refractivity contribution in [1.29, 1.82) is 0 Å². The zero-order valence-corrected chi connectivity index (χ0v) is 19.7. The van der Waals surface area contributed by atoms with Crippen molar-refractivity contribution >= 4 is 34.0 Å². The summed E-state index contributed by atoms with van der Waals surface area (Å²) in [4.78, 5) is 32.5. The molecule has 0 saturated heterocycles. The number of anilines is 2. The molecule has 0 aliphatic heterocycles. The van der Waals surface area contributed by atoms with Crippen LogP contribution in [0.15, 0.2) is 67.5 Å². The van der Waals surface area contributed by atoms with Gasteiger partial charge in [0.15, 0.2) is 22.9 Å². The third-order valence-corrected chi connectivity index (χ3v) is 5.96. The van der Waals surface area contributed by atoms with Gasteiger partial charge in [-0.3, -0.25) is 0 Å². The van der Waals surface area contributed by atoms with Gasteiger partial charge in [-0.2, -0.15) is 0 Å². The number of imidazole rings is 2. The molecule has 10 nitrogen and oxygen atoms in total. The maximum atomic E-state index is 4.68. The standard InChI is InChI=1S/C26H24N10/c1-16-3-2-4-19(9-16)12-28-25-22-26(34-15-33-25)36-20(35-22)10-17-5-7-18(8-6-17)11-27-23-21-24(30-13-29-21)32-14-31-23/h2-9,13-15H,10-12H2,1H3,(H2,27,29,30,31,32)(H2,28,33,34,35,36). The fraction of sp³-hybridized carbons (Fsp3) is 0.154. The van der Waals surface area contributed by atoms with Crippen LogP contribution in [-0.2, 0) is 19.5 Å². The lowest BCUT2D eigenvalue weighted by atomic mass is 10.1. The van der Waals surface area contributed by atoms with Crippen molar-refractivity contribution in [2.45, 2.75) is 26.4 Å². The topological polar surface area (TPSA) is 133 Å². The van der Waals surface area contributed by atoms with Crippen LogP contribution in [0.1, 0.15) is 28.1 Å². The lowest BCUT2D eigenvalue weighted by Gasteiger charge is -2.07. The quantitative estimate of drug-likeness (QED) is 0.258. The number of nitrogens with one attached hydrogen (secondary N) is 4. The summed E-state index contributed by atoms with van der Waals surface area (Å²) in [6.45, 7) is 3.41. The van der Waals surface area contributed by atoms with Gasteiger partial charge in [-0.25, -0.2) is 29.9 Å². The number of rotatable bonds is 8. The average Bonchev–Trinajstić information content (AvgIpc) is 3.54. The van der Waals surface area contributed by atoms with E-state index >= 15 is 0 Å². The third-order valence-electron chi connectivity index (χ3n) is 5.96. The molecule has 6 rings (SSSR count).